The van der Waals surface area contributed by atoms with E-state index < -0.39 is 24.1 Å². The Morgan fingerprint density at radius 2 is 1.29 bits per heavy atom. The summed E-state index contributed by atoms with van der Waals surface area (Å²) >= 11 is 0. The predicted molar refractivity (Wildman–Crippen MR) is 103 cm³/mol. The summed E-state index contributed by atoms with van der Waals surface area (Å²) in [6.07, 6.45) is 0.628. The van der Waals surface area contributed by atoms with E-state index in [1.54, 1.807) is 30.3 Å². The molecule has 28 heavy (non-hydrogen) atoms. The monoisotopic (exact) mass is 408 g/mol. The van der Waals surface area contributed by atoms with E-state index in [0.29, 0.717) is 6.42 Å². The maximum Gasteiger partial charge on any atom is 0.453 e. The van der Waals surface area contributed by atoms with E-state index in [4.69, 9.17) is 0 Å². The number of hydrogen-bond donors (Lipinski definition) is 1. The number of rotatable bonds is 14. The third-order valence-electron chi connectivity index (χ3n) is 5.18. The summed E-state index contributed by atoms with van der Waals surface area (Å²) in [4.78, 5) is 0. The van der Waals surface area contributed by atoms with Crippen LogP contribution >= 0.6 is 0 Å². The molecular weight excluding hydrogens is 375 g/mol. The molecule has 1 N–H and O–H groups in total. The number of unbranched alkanes of at least 4 members (excludes halogenated alkanes) is 7. The molecular formula is C22H33F5O. The van der Waals surface area contributed by atoms with Gasteiger partial charge >= 0.3 is 12.1 Å². The first-order chi connectivity index (χ1) is 13.1. The average molecular weight is 408 g/mol. The number of benzene rings is 1. The molecule has 0 amide bonds. The van der Waals surface area contributed by atoms with Crippen molar-refractivity contribution in [1.82, 2.24) is 0 Å². The van der Waals surface area contributed by atoms with Crippen molar-refractivity contribution in [2.75, 3.05) is 0 Å². The molecule has 1 aromatic carbocycles. The van der Waals surface area contributed by atoms with Crippen molar-refractivity contribution in [3.05, 3.63) is 35.9 Å². The van der Waals surface area contributed by atoms with Crippen LogP contribution in [-0.4, -0.2) is 22.8 Å². The van der Waals surface area contributed by atoms with E-state index >= 15 is 0 Å². The van der Waals surface area contributed by atoms with Gasteiger partial charge in [-0.2, -0.15) is 22.0 Å². The van der Waals surface area contributed by atoms with Gasteiger partial charge < -0.3 is 5.11 Å². The van der Waals surface area contributed by atoms with Crippen molar-refractivity contribution in [2.45, 2.75) is 102 Å². The van der Waals surface area contributed by atoms with Crippen LogP contribution in [0, 0.1) is 0 Å². The second kappa shape index (κ2) is 11.7. The molecule has 0 spiro atoms. The number of aryl methyl sites for hydroxylation is 1. The maximum absolute atomic E-state index is 13.6. The Kier molecular flexibility index (Phi) is 10.4. The minimum Gasteiger partial charge on any atom is -0.390 e. The fourth-order valence-corrected chi connectivity index (χ4v) is 3.42. The average Bonchev–Trinajstić information content (AvgIpc) is 2.62. The molecule has 1 atom stereocenters. The van der Waals surface area contributed by atoms with Gasteiger partial charge in [0.2, 0.25) is 0 Å². The highest BCUT2D eigenvalue weighted by molar-refractivity contribution is 5.15. The molecule has 1 aromatic rings. The highest BCUT2D eigenvalue weighted by Gasteiger charge is 2.60. The van der Waals surface area contributed by atoms with Gasteiger partial charge in [-0.05, 0) is 24.8 Å². The lowest BCUT2D eigenvalue weighted by molar-refractivity contribution is -0.297. The summed E-state index contributed by atoms with van der Waals surface area (Å²) in [5.74, 6) is -4.89. The van der Waals surface area contributed by atoms with Crippen molar-refractivity contribution in [3.63, 3.8) is 0 Å². The molecule has 6 heteroatoms. The number of alkyl halides is 5. The van der Waals surface area contributed by atoms with Crippen molar-refractivity contribution in [2.24, 2.45) is 0 Å². The first-order valence-electron chi connectivity index (χ1n) is 10.3. The second-order valence-electron chi connectivity index (χ2n) is 7.81. The van der Waals surface area contributed by atoms with Gasteiger partial charge in [-0.25, -0.2) is 0 Å². The van der Waals surface area contributed by atoms with Crippen LogP contribution in [0.1, 0.15) is 83.1 Å². The van der Waals surface area contributed by atoms with Gasteiger partial charge in [-0.15, -0.1) is 0 Å². The molecule has 0 aliphatic carbocycles. The summed E-state index contributed by atoms with van der Waals surface area (Å²) in [5.41, 5.74) is -1.22. The first-order valence-corrected chi connectivity index (χ1v) is 10.3. The lowest BCUT2D eigenvalue weighted by Crippen LogP contribution is -2.45. The van der Waals surface area contributed by atoms with Gasteiger partial charge in [-0.3, -0.25) is 0 Å². The SMILES string of the molecule is CCCCCCCCCCC(O)(CCc1ccccc1)CC(F)(F)C(F)(F)F. The summed E-state index contributed by atoms with van der Waals surface area (Å²) in [6.45, 7) is 2.13. The molecule has 0 saturated heterocycles. The van der Waals surface area contributed by atoms with Crippen LogP contribution in [0.25, 0.3) is 0 Å². The molecule has 0 fully saturated rings. The fourth-order valence-electron chi connectivity index (χ4n) is 3.42. The quantitative estimate of drug-likeness (QED) is 0.250. The van der Waals surface area contributed by atoms with Crippen LogP contribution in [-0.2, 0) is 6.42 Å². The van der Waals surface area contributed by atoms with Crippen molar-refractivity contribution >= 4 is 0 Å². The van der Waals surface area contributed by atoms with Gasteiger partial charge in [0.25, 0.3) is 0 Å². The Labute approximate surface area is 165 Å². The topological polar surface area (TPSA) is 20.2 Å². The Morgan fingerprint density at radius 1 is 0.750 bits per heavy atom. The van der Waals surface area contributed by atoms with Gasteiger partial charge in [-0.1, -0.05) is 88.6 Å². The second-order valence-corrected chi connectivity index (χ2v) is 7.81. The van der Waals surface area contributed by atoms with Crippen molar-refractivity contribution in [3.8, 4) is 0 Å². The fraction of sp³-hybridized carbons (Fsp3) is 0.727. The molecule has 0 radical (unpaired) electrons. The van der Waals surface area contributed by atoms with Crippen LogP contribution in [0.15, 0.2) is 30.3 Å². The smallest absolute Gasteiger partial charge is 0.390 e. The van der Waals surface area contributed by atoms with E-state index in [2.05, 4.69) is 6.92 Å². The number of halogens is 5. The van der Waals surface area contributed by atoms with Gasteiger partial charge in [0.15, 0.2) is 0 Å². The van der Waals surface area contributed by atoms with Gasteiger partial charge in [0.05, 0.1) is 5.60 Å². The highest BCUT2D eigenvalue weighted by Crippen LogP contribution is 2.43. The lowest BCUT2D eigenvalue weighted by Gasteiger charge is -2.33. The molecule has 0 bridgehead atoms. The number of hydrogen-bond acceptors (Lipinski definition) is 1. The Hall–Kier alpha value is -1.17. The zero-order valence-electron chi connectivity index (χ0n) is 16.7. The zero-order chi connectivity index (χ0) is 21.1. The van der Waals surface area contributed by atoms with E-state index in [0.717, 1.165) is 44.1 Å². The molecule has 162 valence electrons. The van der Waals surface area contributed by atoms with Crippen molar-refractivity contribution < 1.29 is 27.1 Å². The van der Waals surface area contributed by atoms with E-state index in [9.17, 15) is 27.1 Å². The highest BCUT2D eigenvalue weighted by atomic mass is 19.4. The standard InChI is InChI=1S/C22H33F5O/c1-2-3-4-5-6-7-8-12-16-20(28,18-21(23,24)22(25,26)27)17-15-19-13-10-9-11-14-19/h9-11,13-14,28H,2-8,12,15-18H2,1H3. The van der Waals surface area contributed by atoms with E-state index in [1.807, 2.05) is 0 Å². The van der Waals surface area contributed by atoms with E-state index in [-0.39, 0.29) is 19.3 Å². The molecule has 1 unspecified atom stereocenters. The van der Waals surface area contributed by atoms with Crippen LogP contribution in [0.4, 0.5) is 22.0 Å². The summed E-state index contributed by atoms with van der Waals surface area (Å²) in [5, 5.41) is 10.7. The Bertz CT molecular complexity index is 529. The van der Waals surface area contributed by atoms with Crippen LogP contribution < -0.4 is 0 Å². The first kappa shape index (κ1) is 24.9. The van der Waals surface area contributed by atoms with Crippen LogP contribution in [0.5, 0.6) is 0 Å². The molecule has 0 saturated carbocycles. The minimum absolute atomic E-state index is 0.0412. The van der Waals surface area contributed by atoms with E-state index in [1.165, 1.54) is 6.42 Å². The van der Waals surface area contributed by atoms with Crippen LogP contribution in [0.2, 0.25) is 0 Å². The van der Waals surface area contributed by atoms with Crippen molar-refractivity contribution in [1.29, 1.82) is 0 Å². The normalized spacial score (nSPS) is 14.8. The molecule has 1 nitrogen and oxygen atoms in total. The summed E-state index contributed by atoms with van der Waals surface area (Å²) in [6, 6.07) is 8.90. The zero-order valence-corrected chi connectivity index (χ0v) is 16.7. The predicted octanol–water partition coefficient (Wildman–Crippen LogP) is 7.47. The Balaban J connectivity index is 2.59. The summed E-state index contributed by atoms with van der Waals surface area (Å²) < 4.78 is 65.2. The lowest BCUT2D eigenvalue weighted by atomic mass is 9.84. The summed E-state index contributed by atoms with van der Waals surface area (Å²) in [7, 11) is 0. The third-order valence-corrected chi connectivity index (χ3v) is 5.18. The van der Waals surface area contributed by atoms with Crippen LogP contribution in [0.3, 0.4) is 0 Å². The molecule has 0 aliphatic heterocycles. The third kappa shape index (κ3) is 9.35. The molecule has 0 aliphatic rings. The number of aliphatic hydroxyl groups is 1. The molecule has 0 heterocycles. The van der Waals surface area contributed by atoms with Gasteiger partial charge in [0, 0.05) is 6.42 Å². The minimum atomic E-state index is -5.65. The maximum atomic E-state index is 13.6. The molecule has 0 aromatic heterocycles. The largest absolute Gasteiger partial charge is 0.453 e. The molecule has 1 rings (SSSR count). The van der Waals surface area contributed by atoms with Gasteiger partial charge in [0.1, 0.15) is 0 Å². The Morgan fingerprint density at radius 3 is 1.82 bits per heavy atom.